The zero-order valence-corrected chi connectivity index (χ0v) is 15.4. The number of sulfonamides is 1. The summed E-state index contributed by atoms with van der Waals surface area (Å²) in [5.41, 5.74) is 6.25. The number of non-ortho nitro benzene ring substituents is 1. The van der Waals surface area contributed by atoms with Gasteiger partial charge in [0.2, 0.25) is 0 Å². The average Bonchev–Trinajstić information content (AvgIpc) is 3.05. The fourth-order valence-electron chi connectivity index (χ4n) is 3.05. The molecule has 0 aliphatic rings. The van der Waals surface area contributed by atoms with Crippen LogP contribution in [0.15, 0.2) is 59.6 Å². The summed E-state index contributed by atoms with van der Waals surface area (Å²) in [6.07, 6.45) is 1.41. The third kappa shape index (κ3) is 3.23. The van der Waals surface area contributed by atoms with E-state index in [1.165, 1.54) is 36.5 Å². The number of anilines is 1. The Morgan fingerprint density at radius 1 is 1.14 bits per heavy atom. The van der Waals surface area contributed by atoms with Gasteiger partial charge in [-0.3, -0.25) is 19.6 Å². The Morgan fingerprint density at radius 2 is 1.93 bits per heavy atom. The van der Waals surface area contributed by atoms with Crippen LogP contribution in [-0.4, -0.2) is 29.2 Å². The Balaban J connectivity index is 1.80. The average molecular weight is 411 g/mol. The van der Waals surface area contributed by atoms with Gasteiger partial charge in [-0.2, -0.15) is 0 Å². The van der Waals surface area contributed by atoms with Crippen LogP contribution < -0.4 is 10.5 Å². The molecule has 0 radical (unpaired) electrons. The molecular weight excluding hydrogens is 398 g/mol. The minimum atomic E-state index is -4.01. The molecule has 0 bridgehead atoms. The van der Waals surface area contributed by atoms with Gasteiger partial charge in [0, 0.05) is 34.6 Å². The Kier molecular flexibility index (Phi) is 4.16. The second kappa shape index (κ2) is 6.56. The number of nitrogens with two attached hydrogens (primary N) is 1. The summed E-state index contributed by atoms with van der Waals surface area (Å²) in [5, 5.41) is 12.0. The first kappa shape index (κ1) is 18.4. The number of hydrogen-bond donors (Lipinski definition) is 3. The number of nitro benzene ring substituents is 1. The number of carbonyl (C=O) groups is 1. The zero-order chi connectivity index (χ0) is 20.8. The summed E-state index contributed by atoms with van der Waals surface area (Å²) in [7, 11) is -4.01. The zero-order valence-electron chi connectivity index (χ0n) is 14.6. The van der Waals surface area contributed by atoms with Gasteiger partial charge >= 0.3 is 0 Å². The summed E-state index contributed by atoms with van der Waals surface area (Å²) in [5.74, 6) is -0.706. The van der Waals surface area contributed by atoms with E-state index in [0.717, 1.165) is 6.07 Å². The molecule has 11 heteroatoms. The minimum absolute atomic E-state index is 0.0464. The molecule has 4 rings (SSSR count). The van der Waals surface area contributed by atoms with E-state index in [-0.39, 0.29) is 22.0 Å². The van der Waals surface area contributed by atoms with Crippen molar-refractivity contribution in [1.29, 1.82) is 0 Å². The largest absolute Gasteiger partial charge is 0.364 e. The van der Waals surface area contributed by atoms with Gasteiger partial charge in [0.25, 0.3) is 21.6 Å². The van der Waals surface area contributed by atoms with Crippen LogP contribution in [0.4, 0.5) is 11.4 Å². The molecule has 0 aliphatic carbocycles. The lowest BCUT2D eigenvalue weighted by molar-refractivity contribution is -0.384. The van der Waals surface area contributed by atoms with E-state index in [1.807, 2.05) is 0 Å². The molecule has 4 aromatic rings. The molecule has 2 heterocycles. The first-order chi connectivity index (χ1) is 13.8. The number of aromatic nitrogens is 2. The van der Waals surface area contributed by atoms with Crippen molar-refractivity contribution in [1.82, 2.24) is 9.97 Å². The number of nitrogens with one attached hydrogen (secondary N) is 2. The van der Waals surface area contributed by atoms with E-state index in [9.17, 15) is 23.3 Å². The molecule has 0 saturated carbocycles. The monoisotopic (exact) mass is 411 g/mol. The number of aromatic amines is 1. The molecule has 0 atom stereocenters. The van der Waals surface area contributed by atoms with Gasteiger partial charge in [0.05, 0.1) is 21.0 Å². The van der Waals surface area contributed by atoms with Crippen LogP contribution >= 0.6 is 0 Å². The van der Waals surface area contributed by atoms with Crippen molar-refractivity contribution >= 4 is 49.1 Å². The Morgan fingerprint density at radius 3 is 2.66 bits per heavy atom. The number of pyridine rings is 1. The highest BCUT2D eigenvalue weighted by atomic mass is 32.2. The first-order valence-corrected chi connectivity index (χ1v) is 9.72. The van der Waals surface area contributed by atoms with Gasteiger partial charge in [-0.25, -0.2) is 13.4 Å². The van der Waals surface area contributed by atoms with Gasteiger partial charge in [-0.15, -0.1) is 0 Å². The number of primary amides is 1. The predicted molar refractivity (Wildman–Crippen MR) is 106 cm³/mol. The SMILES string of the molecule is NC(=O)c1nccc2c1[nH]c1ccc(S(=O)(=O)Nc3cccc([N+](=O)[O-])c3)cc12. The Bertz CT molecular complexity index is 1410. The Labute approximate surface area is 163 Å². The second-order valence-electron chi connectivity index (χ2n) is 6.19. The predicted octanol–water partition coefficient (Wildman–Crippen LogP) is 2.52. The van der Waals surface area contributed by atoms with Crippen LogP contribution in [0.1, 0.15) is 10.5 Å². The van der Waals surface area contributed by atoms with Crippen molar-refractivity contribution in [2.24, 2.45) is 5.73 Å². The molecule has 0 spiro atoms. The molecule has 0 saturated heterocycles. The van der Waals surface area contributed by atoms with E-state index in [2.05, 4.69) is 14.7 Å². The van der Waals surface area contributed by atoms with E-state index in [4.69, 9.17) is 5.73 Å². The summed E-state index contributed by atoms with van der Waals surface area (Å²) in [6.45, 7) is 0. The second-order valence-corrected chi connectivity index (χ2v) is 7.87. The highest BCUT2D eigenvalue weighted by Gasteiger charge is 2.19. The highest BCUT2D eigenvalue weighted by Crippen LogP contribution is 2.29. The van der Waals surface area contributed by atoms with Gasteiger partial charge in [0.1, 0.15) is 0 Å². The minimum Gasteiger partial charge on any atom is -0.364 e. The lowest BCUT2D eigenvalue weighted by atomic mass is 10.1. The number of fused-ring (bicyclic) bond motifs is 3. The van der Waals surface area contributed by atoms with E-state index in [1.54, 1.807) is 12.1 Å². The molecule has 10 nitrogen and oxygen atoms in total. The third-order valence-electron chi connectivity index (χ3n) is 4.34. The standard InChI is InChI=1S/C18H13N5O5S/c19-18(24)17-16-13(6-7-20-17)14-9-12(4-5-15(14)21-16)29(27,28)22-10-2-1-3-11(8-10)23(25)26/h1-9,21-22H,(H2,19,24). The molecule has 2 aromatic carbocycles. The van der Waals surface area contributed by atoms with Crippen molar-refractivity contribution in [2.75, 3.05) is 4.72 Å². The van der Waals surface area contributed by atoms with Crippen LogP contribution in [0.5, 0.6) is 0 Å². The molecule has 0 aliphatic heterocycles. The number of carbonyl (C=O) groups excluding carboxylic acids is 1. The van der Waals surface area contributed by atoms with Crippen molar-refractivity contribution in [2.45, 2.75) is 4.90 Å². The first-order valence-electron chi connectivity index (χ1n) is 8.24. The lowest BCUT2D eigenvalue weighted by Crippen LogP contribution is -2.13. The fourth-order valence-corrected chi connectivity index (χ4v) is 4.13. The normalized spacial score (nSPS) is 11.6. The number of hydrogen-bond acceptors (Lipinski definition) is 6. The summed E-state index contributed by atoms with van der Waals surface area (Å²) in [6, 6.07) is 11.2. The maximum absolute atomic E-state index is 12.8. The third-order valence-corrected chi connectivity index (χ3v) is 5.72. The van der Waals surface area contributed by atoms with Gasteiger partial charge < -0.3 is 10.7 Å². The summed E-state index contributed by atoms with van der Waals surface area (Å²) < 4.78 is 27.9. The van der Waals surface area contributed by atoms with E-state index in [0.29, 0.717) is 21.8 Å². The number of H-pyrrole nitrogens is 1. The van der Waals surface area contributed by atoms with Crippen LogP contribution in [-0.2, 0) is 10.0 Å². The summed E-state index contributed by atoms with van der Waals surface area (Å²) >= 11 is 0. The molecule has 0 unspecified atom stereocenters. The molecular formula is C18H13N5O5S. The summed E-state index contributed by atoms with van der Waals surface area (Å²) in [4.78, 5) is 28.8. The molecule has 4 N–H and O–H groups in total. The lowest BCUT2D eigenvalue weighted by Gasteiger charge is -2.08. The topological polar surface area (TPSA) is 161 Å². The van der Waals surface area contributed by atoms with Crippen molar-refractivity contribution < 1.29 is 18.1 Å². The van der Waals surface area contributed by atoms with Crippen LogP contribution in [0.25, 0.3) is 21.8 Å². The van der Waals surface area contributed by atoms with Crippen molar-refractivity contribution in [3.8, 4) is 0 Å². The van der Waals surface area contributed by atoms with Crippen molar-refractivity contribution in [3.63, 3.8) is 0 Å². The number of benzene rings is 2. The maximum Gasteiger partial charge on any atom is 0.271 e. The molecule has 146 valence electrons. The van der Waals surface area contributed by atoms with Crippen LogP contribution in [0, 0.1) is 10.1 Å². The molecule has 2 aromatic heterocycles. The van der Waals surface area contributed by atoms with Crippen LogP contribution in [0.2, 0.25) is 0 Å². The number of amides is 1. The smallest absolute Gasteiger partial charge is 0.271 e. The Hall–Kier alpha value is -3.99. The fraction of sp³-hybridized carbons (Fsp3) is 0. The van der Waals surface area contributed by atoms with Crippen LogP contribution in [0.3, 0.4) is 0 Å². The highest BCUT2D eigenvalue weighted by molar-refractivity contribution is 7.92. The molecule has 1 amide bonds. The van der Waals surface area contributed by atoms with E-state index >= 15 is 0 Å². The molecule has 0 fully saturated rings. The van der Waals surface area contributed by atoms with Gasteiger partial charge in [0.15, 0.2) is 5.69 Å². The van der Waals surface area contributed by atoms with Crippen molar-refractivity contribution in [3.05, 3.63) is 70.5 Å². The number of nitrogens with zero attached hydrogens (tertiary/aromatic N) is 2. The quantitative estimate of drug-likeness (QED) is 0.338. The van der Waals surface area contributed by atoms with Gasteiger partial charge in [-0.1, -0.05) is 6.07 Å². The van der Waals surface area contributed by atoms with E-state index < -0.39 is 20.9 Å². The number of rotatable bonds is 5. The molecule has 29 heavy (non-hydrogen) atoms. The van der Waals surface area contributed by atoms with Gasteiger partial charge in [-0.05, 0) is 30.3 Å². The maximum atomic E-state index is 12.8. The number of nitro groups is 1.